The van der Waals surface area contributed by atoms with Crippen LogP contribution in [0.2, 0.25) is 0 Å². The number of amides is 1. The number of rotatable bonds is 3. The van der Waals surface area contributed by atoms with Gasteiger partial charge in [-0.25, -0.2) is 0 Å². The molecule has 2 saturated heterocycles. The summed E-state index contributed by atoms with van der Waals surface area (Å²) >= 11 is 0. The zero-order valence-electron chi connectivity index (χ0n) is 13.4. The molecule has 0 saturated carbocycles. The fourth-order valence-corrected chi connectivity index (χ4v) is 3.46. The Labute approximate surface area is 123 Å². The maximum absolute atomic E-state index is 12.6. The molecule has 2 atom stereocenters. The van der Waals surface area contributed by atoms with E-state index < -0.39 is 0 Å². The van der Waals surface area contributed by atoms with Crippen molar-refractivity contribution < 1.29 is 9.53 Å². The predicted molar refractivity (Wildman–Crippen MR) is 80.5 cm³/mol. The zero-order chi connectivity index (χ0) is 14.8. The first-order chi connectivity index (χ1) is 9.43. The Morgan fingerprint density at radius 1 is 1.25 bits per heavy atom. The van der Waals surface area contributed by atoms with Crippen LogP contribution in [0.3, 0.4) is 0 Å². The SMILES string of the molecule is CCNC1COCC1C(=O)N1CCC(C(C)(C)C)CC1. The Balaban J connectivity index is 1.88. The highest BCUT2D eigenvalue weighted by molar-refractivity contribution is 5.80. The second-order valence-electron chi connectivity index (χ2n) is 7.27. The highest BCUT2D eigenvalue weighted by atomic mass is 16.5. The quantitative estimate of drug-likeness (QED) is 0.859. The largest absolute Gasteiger partial charge is 0.379 e. The van der Waals surface area contributed by atoms with Crippen molar-refractivity contribution in [2.45, 2.75) is 46.6 Å². The molecule has 0 aromatic carbocycles. The minimum atomic E-state index is 0.0149. The third-order valence-corrected chi connectivity index (χ3v) is 4.90. The van der Waals surface area contributed by atoms with Crippen molar-refractivity contribution >= 4 is 5.91 Å². The van der Waals surface area contributed by atoms with Crippen LogP contribution in [0.1, 0.15) is 40.5 Å². The number of hydrogen-bond acceptors (Lipinski definition) is 3. The van der Waals surface area contributed by atoms with Crippen LogP contribution >= 0.6 is 0 Å². The number of carbonyl (C=O) groups excluding carboxylic acids is 1. The lowest BCUT2D eigenvalue weighted by atomic mass is 9.75. The van der Waals surface area contributed by atoms with E-state index in [0.29, 0.717) is 24.5 Å². The summed E-state index contributed by atoms with van der Waals surface area (Å²) in [7, 11) is 0. The summed E-state index contributed by atoms with van der Waals surface area (Å²) in [5.41, 5.74) is 0.359. The smallest absolute Gasteiger partial charge is 0.229 e. The number of nitrogens with one attached hydrogen (secondary N) is 1. The van der Waals surface area contributed by atoms with Gasteiger partial charge in [-0.2, -0.15) is 0 Å². The topological polar surface area (TPSA) is 41.6 Å². The minimum Gasteiger partial charge on any atom is -0.379 e. The van der Waals surface area contributed by atoms with E-state index in [1.807, 2.05) is 0 Å². The van der Waals surface area contributed by atoms with Crippen LogP contribution in [-0.2, 0) is 9.53 Å². The molecular weight excluding hydrogens is 252 g/mol. The molecule has 2 rings (SSSR count). The standard InChI is InChI=1S/C16H30N2O2/c1-5-17-14-11-20-10-13(14)15(19)18-8-6-12(7-9-18)16(2,3)4/h12-14,17H,5-11H2,1-4H3. The van der Waals surface area contributed by atoms with Gasteiger partial charge in [0.15, 0.2) is 0 Å². The third kappa shape index (κ3) is 3.53. The summed E-state index contributed by atoms with van der Waals surface area (Å²) in [6.07, 6.45) is 2.27. The average Bonchev–Trinajstić information content (AvgIpc) is 2.86. The van der Waals surface area contributed by atoms with Crippen LogP contribution in [0, 0.1) is 17.3 Å². The molecule has 20 heavy (non-hydrogen) atoms. The highest BCUT2D eigenvalue weighted by Gasteiger charge is 2.38. The normalized spacial score (nSPS) is 28.9. The fraction of sp³-hybridized carbons (Fsp3) is 0.938. The number of carbonyl (C=O) groups is 1. The Morgan fingerprint density at radius 2 is 1.90 bits per heavy atom. The summed E-state index contributed by atoms with van der Waals surface area (Å²) in [4.78, 5) is 14.7. The molecule has 1 N–H and O–H groups in total. The van der Waals surface area contributed by atoms with Crippen molar-refractivity contribution in [2.75, 3.05) is 32.8 Å². The lowest BCUT2D eigenvalue weighted by Gasteiger charge is -2.39. The van der Waals surface area contributed by atoms with Gasteiger partial charge in [0, 0.05) is 19.1 Å². The second kappa shape index (κ2) is 6.44. The fourth-order valence-electron chi connectivity index (χ4n) is 3.46. The van der Waals surface area contributed by atoms with E-state index in [0.717, 1.165) is 38.4 Å². The molecule has 0 bridgehead atoms. The summed E-state index contributed by atoms with van der Waals surface area (Å²) in [5.74, 6) is 1.04. The predicted octanol–water partition coefficient (Wildman–Crippen LogP) is 1.90. The Kier molecular flexibility index (Phi) is 5.08. The van der Waals surface area contributed by atoms with E-state index in [2.05, 4.69) is 37.9 Å². The first-order valence-corrected chi connectivity index (χ1v) is 8.03. The Hall–Kier alpha value is -0.610. The van der Waals surface area contributed by atoms with E-state index in [4.69, 9.17) is 4.74 Å². The molecule has 0 spiro atoms. The maximum atomic E-state index is 12.6. The summed E-state index contributed by atoms with van der Waals surface area (Å²) < 4.78 is 5.50. The monoisotopic (exact) mass is 282 g/mol. The zero-order valence-corrected chi connectivity index (χ0v) is 13.4. The molecule has 116 valence electrons. The van der Waals surface area contributed by atoms with Crippen LogP contribution in [0.15, 0.2) is 0 Å². The molecule has 2 unspecified atom stereocenters. The van der Waals surface area contributed by atoms with E-state index >= 15 is 0 Å². The van der Waals surface area contributed by atoms with Crippen LogP contribution in [0.4, 0.5) is 0 Å². The van der Waals surface area contributed by atoms with E-state index in [1.54, 1.807) is 0 Å². The highest BCUT2D eigenvalue weighted by Crippen LogP contribution is 2.34. The van der Waals surface area contributed by atoms with Gasteiger partial charge in [0.2, 0.25) is 5.91 Å². The van der Waals surface area contributed by atoms with Crippen molar-refractivity contribution in [1.29, 1.82) is 0 Å². The van der Waals surface area contributed by atoms with Gasteiger partial charge in [-0.15, -0.1) is 0 Å². The molecule has 4 heteroatoms. The number of nitrogens with zero attached hydrogens (tertiary/aromatic N) is 1. The molecule has 2 aliphatic heterocycles. The molecule has 1 amide bonds. The maximum Gasteiger partial charge on any atom is 0.229 e. The molecule has 0 aliphatic carbocycles. The molecule has 0 aromatic heterocycles. The van der Waals surface area contributed by atoms with E-state index in [9.17, 15) is 4.79 Å². The average molecular weight is 282 g/mol. The van der Waals surface area contributed by atoms with Crippen molar-refractivity contribution in [3.05, 3.63) is 0 Å². The molecule has 2 heterocycles. The molecule has 0 radical (unpaired) electrons. The van der Waals surface area contributed by atoms with Gasteiger partial charge in [-0.3, -0.25) is 4.79 Å². The number of piperidine rings is 1. The second-order valence-corrected chi connectivity index (χ2v) is 7.27. The number of ether oxygens (including phenoxy) is 1. The van der Waals surface area contributed by atoms with Gasteiger partial charge in [-0.1, -0.05) is 27.7 Å². The Bertz CT molecular complexity index is 330. The molecule has 2 aliphatic rings. The number of hydrogen-bond donors (Lipinski definition) is 1. The first kappa shape index (κ1) is 15.8. The summed E-state index contributed by atoms with van der Waals surface area (Å²) in [5, 5.41) is 3.38. The molecule has 4 nitrogen and oxygen atoms in total. The molecule has 2 fully saturated rings. The first-order valence-electron chi connectivity index (χ1n) is 8.03. The van der Waals surface area contributed by atoms with Crippen molar-refractivity contribution in [3.8, 4) is 0 Å². The van der Waals surface area contributed by atoms with Crippen LogP contribution < -0.4 is 5.32 Å². The Morgan fingerprint density at radius 3 is 2.45 bits per heavy atom. The van der Waals surface area contributed by atoms with Gasteiger partial charge in [0.25, 0.3) is 0 Å². The molecule has 0 aromatic rings. The van der Waals surface area contributed by atoms with Crippen LogP contribution in [0.5, 0.6) is 0 Å². The van der Waals surface area contributed by atoms with Crippen LogP contribution in [0.25, 0.3) is 0 Å². The van der Waals surface area contributed by atoms with E-state index in [-0.39, 0.29) is 12.0 Å². The number of likely N-dealkylation sites (N-methyl/N-ethyl adjacent to an activating group) is 1. The van der Waals surface area contributed by atoms with Crippen molar-refractivity contribution in [2.24, 2.45) is 17.3 Å². The van der Waals surface area contributed by atoms with Gasteiger partial charge in [-0.05, 0) is 30.7 Å². The van der Waals surface area contributed by atoms with E-state index in [1.165, 1.54) is 0 Å². The lowest BCUT2D eigenvalue weighted by Crippen LogP contribution is -2.49. The number of likely N-dealkylation sites (tertiary alicyclic amines) is 1. The van der Waals surface area contributed by atoms with Crippen molar-refractivity contribution in [1.82, 2.24) is 10.2 Å². The van der Waals surface area contributed by atoms with Gasteiger partial charge in [0.1, 0.15) is 0 Å². The molecular formula is C16H30N2O2. The summed E-state index contributed by atoms with van der Waals surface area (Å²) in [6, 6.07) is 0.202. The van der Waals surface area contributed by atoms with Gasteiger partial charge in [0.05, 0.1) is 19.1 Å². The summed E-state index contributed by atoms with van der Waals surface area (Å²) in [6.45, 7) is 13.0. The van der Waals surface area contributed by atoms with Gasteiger partial charge < -0.3 is 15.0 Å². The van der Waals surface area contributed by atoms with Gasteiger partial charge >= 0.3 is 0 Å². The lowest BCUT2D eigenvalue weighted by molar-refractivity contribution is -0.138. The van der Waals surface area contributed by atoms with Crippen molar-refractivity contribution in [3.63, 3.8) is 0 Å². The third-order valence-electron chi connectivity index (χ3n) is 4.90. The minimum absolute atomic E-state index is 0.0149. The van der Waals surface area contributed by atoms with Crippen LogP contribution in [-0.4, -0.2) is 49.7 Å².